The molecule has 1 heterocycles. The zero-order chi connectivity index (χ0) is 12.0. The highest BCUT2D eigenvalue weighted by Gasteiger charge is 2.12. The summed E-state index contributed by atoms with van der Waals surface area (Å²) in [6.07, 6.45) is 8.82. The molecule has 0 aliphatic heterocycles. The predicted molar refractivity (Wildman–Crippen MR) is 60.7 cm³/mol. The Kier molecular flexibility index (Phi) is 5.02. The summed E-state index contributed by atoms with van der Waals surface area (Å²) < 4.78 is 9.01. The van der Waals surface area contributed by atoms with Crippen LogP contribution in [0.3, 0.4) is 0 Å². The highest BCUT2D eigenvalue weighted by Crippen LogP contribution is 2.04. The van der Waals surface area contributed by atoms with Gasteiger partial charge in [0.2, 0.25) is 6.33 Å². The van der Waals surface area contributed by atoms with Gasteiger partial charge in [0.25, 0.3) is 0 Å². The molecule has 0 amide bonds. The second kappa shape index (κ2) is 6.30. The van der Waals surface area contributed by atoms with Crippen LogP contribution in [-0.4, -0.2) is 16.6 Å². The molecule has 0 spiro atoms. The second-order valence-electron chi connectivity index (χ2n) is 4.19. The lowest BCUT2D eigenvalue weighted by molar-refractivity contribution is -0.671. The van der Waals surface area contributed by atoms with Gasteiger partial charge in [-0.25, -0.2) is 13.9 Å². The molecule has 0 radical (unpaired) electrons. The van der Waals surface area contributed by atoms with Gasteiger partial charge in [-0.05, 0) is 13.3 Å². The van der Waals surface area contributed by atoms with E-state index in [-0.39, 0.29) is 18.6 Å². The number of esters is 1. The number of hydrogen-bond acceptors (Lipinski definition) is 2. The SMILES string of the molecule is CCCC[C@@H](C)OC(=O)Cn1cc[n+](C)c1. The normalized spacial score (nSPS) is 12.4. The van der Waals surface area contributed by atoms with Crippen molar-refractivity contribution in [3.8, 4) is 0 Å². The Hall–Kier alpha value is -1.32. The minimum atomic E-state index is -0.167. The highest BCUT2D eigenvalue weighted by molar-refractivity contribution is 5.69. The molecule has 0 aliphatic carbocycles. The molecule has 1 aromatic rings. The number of carbonyl (C=O) groups excluding carboxylic acids is 1. The number of imidazole rings is 1. The van der Waals surface area contributed by atoms with Crippen LogP contribution in [0.2, 0.25) is 0 Å². The van der Waals surface area contributed by atoms with Gasteiger partial charge in [0.15, 0.2) is 6.54 Å². The van der Waals surface area contributed by atoms with Crippen molar-refractivity contribution < 1.29 is 14.1 Å². The zero-order valence-corrected chi connectivity index (χ0v) is 10.3. The van der Waals surface area contributed by atoms with E-state index in [1.54, 1.807) is 0 Å². The van der Waals surface area contributed by atoms with Crippen LogP contribution in [0, 0.1) is 0 Å². The number of hydrogen-bond donors (Lipinski definition) is 0. The minimum absolute atomic E-state index is 0.0248. The van der Waals surface area contributed by atoms with Gasteiger partial charge in [0.05, 0.1) is 13.2 Å². The van der Waals surface area contributed by atoms with Gasteiger partial charge >= 0.3 is 5.97 Å². The summed E-state index contributed by atoms with van der Waals surface area (Å²) in [7, 11) is 1.92. The number of aromatic nitrogens is 2. The largest absolute Gasteiger partial charge is 0.460 e. The Morgan fingerprint density at radius 3 is 2.88 bits per heavy atom. The van der Waals surface area contributed by atoms with Crippen LogP contribution in [0.25, 0.3) is 0 Å². The fourth-order valence-corrected chi connectivity index (χ4v) is 1.56. The number of carbonyl (C=O) groups is 1. The van der Waals surface area contributed by atoms with Crippen molar-refractivity contribution in [2.24, 2.45) is 7.05 Å². The molecule has 0 aliphatic rings. The van der Waals surface area contributed by atoms with E-state index in [0.29, 0.717) is 0 Å². The van der Waals surface area contributed by atoms with E-state index in [1.165, 1.54) is 0 Å². The van der Waals surface area contributed by atoms with Crippen LogP contribution in [-0.2, 0) is 23.1 Å². The van der Waals surface area contributed by atoms with Crippen LogP contribution in [0.5, 0.6) is 0 Å². The average Bonchev–Trinajstić information content (AvgIpc) is 2.60. The number of unbranched alkanes of at least 4 members (excludes halogenated alkanes) is 1. The van der Waals surface area contributed by atoms with Crippen molar-refractivity contribution in [3.63, 3.8) is 0 Å². The van der Waals surface area contributed by atoms with Crippen LogP contribution in [0.1, 0.15) is 33.1 Å². The molecule has 90 valence electrons. The first kappa shape index (κ1) is 12.7. The Morgan fingerprint density at radius 2 is 2.31 bits per heavy atom. The van der Waals surface area contributed by atoms with E-state index in [0.717, 1.165) is 19.3 Å². The maximum absolute atomic E-state index is 11.5. The van der Waals surface area contributed by atoms with Gasteiger partial charge in [0.1, 0.15) is 12.4 Å². The molecule has 0 aromatic carbocycles. The first-order valence-corrected chi connectivity index (χ1v) is 5.82. The molecule has 0 saturated heterocycles. The number of nitrogens with zero attached hydrogens (tertiary/aromatic N) is 2. The van der Waals surface area contributed by atoms with Gasteiger partial charge in [-0.3, -0.25) is 0 Å². The van der Waals surface area contributed by atoms with E-state index in [4.69, 9.17) is 4.74 Å². The maximum Gasteiger partial charge on any atom is 0.348 e. The molecule has 1 rings (SSSR count). The van der Waals surface area contributed by atoms with E-state index >= 15 is 0 Å². The Labute approximate surface area is 96.8 Å². The molecule has 0 saturated carbocycles. The maximum atomic E-state index is 11.5. The van der Waals surface area contributed by atoms with Crippen LogP contribution >= 0.6 is 0 Å². The summed E-state index contributed by atoms with van der Waals surface area (Å²) in [6, 6.07) is 0. The Bertz CT molecular complexity index is 334. The lowest BCUT2D eigenvalue weighted by Gasteiger charge is -2.11. The molecular formula is C12H21N2O2+. The molecular weight excluding hydrogens is 204 g/mol. The summed E-state index contributed by atoms with van der Waals surface area (Å²) in [5.74, 6) is -0.167. The zero-order valence-electron chi connectivity index (χ0n) is 10.3. The third kappa shape index (κ3) is 4.47. The first-order chi connectivity index (χ1) is 7.61. The van der Waals surface area contributed by atoms with Crippen LogP contribution in [0.15, 0.2) is 18.7 Å². The topological polar surface area (TPSA) is 35.1 Å². The first-order valence-electron chi connectivity index (χ1n) is 5.82. The second-order valence-corrected chi connectivity index (χ2v) is 4.19. The molecule has 0 bridgehead atoms. The molecule has 4 heteroatoms. The number of ether oxygens (including phenoxy) is 1. The van der Waals surface area contributed by atoms with Crippen LogP contribution < -0.4 is 4.57 Å². The fourth-order valence-electron chi connectivity index (χ4n) is 1.56. The molecule has 0 unspecified atom stereocenters. The fraction of sp³-hybridized carbons (Fsp3) is 0.667. The molecule has 1 aromatic heterocycles. The third-order valence-electron chi connectivity index (χ3n) is 2.43. The molecule has 0 N–H and O–H groups in total. The monoisotopic (exact) mass is 225 g/mol. The minimum Gasteiger partial charge on any atom is -0.460 e. The molecule has 1 atom stereocenters. The van der Waals surface area contributed by atoms with Crippen molar-refractivity contribution in [3.05, 3.63) is 18.7 Å². The van der Waals surface area contributed by atoms with Crippen molar-refractivity contribution in [2.45, 2.75) is 45.8 Å². The van der Waals surface area contributed by atoms with Gasteiger partial charge in [-0.2, -0.15) is 0 Å². The molecule has 0 fully saturated rings. The van der Waals surface area contributed by atoms with Gasteiger partial charge < -0.3 is 4.74 Å². The Balaban J connectivity index is 2.30. The van der Waals surface area contributed by atoms with Gasteiger partial charge in [-0.15, -0.1) is 0 Å². The van der Waals surface area contributed by atoms with E-state index in [9.17, 15) is 4.79 Å². The lowest BCUT2D eigenvalue weighted by Crippen LogP contribution is -2.25. The number of aryl methyl sites for hydroxylation is 1. The summed E-state index contributed by atoms with van der Waals surface area (Å²) >= 11 is 0. The van der Waals surface area contributed by atoms with Gasteiger partial charge in [-0.1, -0.05) is 19.8 Å². The Morgan fingerprint density at radius 1 is 1.56 bits per heavy atom. The predicted octanol–water partition coefficient (Wildman–Crippen LogP) is 1.43. The van der Waals surface area contributed by atoms with Crippen LogP contribution in [0.4, 0.5) is 0 Å². The third-order valence-corrected chi connectivity index (χ3v) is 2.43. The smallest absolute Gasteiger partial charge is 0.348 e. The molecule has 4 nitrogen and oxygen atoms in total. The summed E-state index contributed by atoms with van der Waals surface area (Å²) in [6.45, 7) is 4.37. The van der Waals surface area contributed by atoms with Crippen molar-refractivity contribution in [1.82, 2.24) is 4.57 Å². The summed E-state index contributed by atoms with van der Waals surface area (Å²) in [4.78, 5) is 11.5. The van der Waals surface area contributed by atoms with Crippen molar-refractivity contribution in [2.75, 3.05) is 0 Å². The van der Waals surface area contributed by atoms with E-state index < -0.39 is 0 Å². The standard InChI is InChI=1S/C12H21N2O2/c1-4-5-6-11(2)16-12(15)9-14-8-7-13(3)10-14/h7-8,10-11H,4-6,9H2,1-3H3/q+1/t11-/m1/s1. The van der Waals surface area contributed by atoms with Crippen molar-refractivity contribution in [1.29, 1.82) is 0 Å². The lowest BCUT2D eigenvalue weighted by atomic mass is 10.2. The van der Waals surface area contributed by atoms with Gasteiger partial charge in [0, 0.05) is 0 Å². The average molecular weight is 225 g/mol. The van der Waals surface area contributed by atoms with Crippen molar-refractivity contribution >= 4 is 5.97 Å². The summed E-state index contributed by atoms with van der Waals surface area (Å²) in [5.41, 5.74) is 0. The van der Waals surface area contributed by atoms with E-state index in [1.807, 2.05) is 41.8 Å². The number of rotatable bonds is 6. The quantitative estimate of drug-likeness (QED) is 0.542. The van der Waals surface area contributed by atoms with E-state index in [2.05, 4.69) is 6.92 Å². The molecule has 16 heavy (non-hydrogen) atoms. The summed E-state index contributed by atoms with van der Waals surface area (Å²) in [5, 5.41) is 0. The highest BCUT2D eigenvalue weighted by atomic mass is 16.5.